The summed E-state index contributed by atoms with van der Waals surface area (Å²) in [6, 6.07) is 0. The molecule has 8 nitrogen and oxygen atoms in total. The van der Waals surface area contributed by atoms with E-state index in [-0.39, 0.29) is 0 Å². The first kappa shape index (κ1) is 32.5. The van der Waals surface area contributed by atoms with Gasteiger partial charge in [0.05, 0.1) is 11.2 Å². The summed E-state index contributed by atoms with van der Waals surface area (Å²) in [6.45, 7) is 22.7. The third kappa shape index (κ3) is 15.4. The van der Waals surface area contributed by atoms with Gasteiger partial charge in [-0.25, -0.2) is 29.1 Å². The maximum atomic E-state index is 12.1. The van der Waals surface area contributed by atoms with E-state index in [2.05, 4.69) is 0 Å². The fourth-order valence-electron chi connectivity index (χ4n) is 2.72. The summed E-state index contributed by atoms with van der Waals surface area (Å²) in [5.41, 5.74) is -2.12. The molecule has 0 saturated heterocycles. The van der Waals surface area contributed by atoms with E-state index in [0.29, 0.717) is 12.8 Å². The van der Waals surface area contributed by atoms with Gasteiger partial charge in [0.25, 0.3) is 0 Å². The van der Waals surface area contributed by atoms with E-state index >= 15 is 0 Å². The maximum Gasteiger partial charge on any atom is 0.331 e. The van der Waals surface area contributed by atoms with Gasteiger partial charge in [0.2, 0.25) is 0 Å². The first-order valence-corrected chi connectivity index (χ1v) is 12.1. The molecule has 0 N–H and O–H groups in total. The highest BCUT2D eigenvalue weighted by molar-refractivity contribution is 5.91. The molecular formula is C26H48O8. The van der Waals surface area contributed by atoms with Crippen LogP contribution in [0.15, 0.2) is 12.2 Å². The summed E-state index contributed by atoms with van der Waals surface area (Å²) in [7, 11) is 0. The van der Waals surface area contributed by atoms with Crippen molar-refractivity contribution in [3.05, 3.63) is 12.2 Å². The van der Waals surface area contributed by atoms with Gasteiger partial charge < -0.3 is 9.47 Å². The highest BCUT2D eigenvalue weighted by Crippen LogP contribution is 2.25. The smallest absolute Gasteiger partial charge is 0.331 e. The van der Waals surface area contributed by atoms with Crippen LogP contribution in [0.5, 0.6) is 0 Å². The first-order chi connectivity index (χ1) is 15.3. The van der Waals surface area contributed by atoms with Crippen LogP contribution in [0.2, 0.25) is 0 Å². The molecule has 2 atom stereocenters. The predicted molar refractivity (Wildman–Crippen MR) is 131 cm³/mol. The van der Waals surface area contributed by atoms with Gasteiger partial charge in [-0.15, -0.1) is 0 Å². The van der Waals surface area contributed by atoms with Crippen molar-refractivity contribution in [3.8, 4) is 0 Å². The van der Waals surface area contributed by atoms with Crippen LogP contribution < -0.4 is 0 Å². The summed E-state index contributed by atoms with van der Waals surface area (Å²) in [5, 5.41) is 0. The molecule has 0 aromatic rings. The lowest BCUT2D eigenvalue weighted by atomic mass is 10.0. The SMILES string of the molecule is CCC(C)(C)OOC(C)(C)CC(C)OC(=O)/C=C/C(=O)OC(C)CC(C)(C)OOC(C)(C)CC. The van der Waals surface area contributed by atoms with E-state index in [1.165, 1.54) is 0 Å². The number of hydrogen-bond acceptors (Lipinski definition) is 8. The molecule has 2 unspecified atom stereocenters. The van der Waals surface area contributed by atoms with Crippen LogP contribution in [0.4, 0.5) is 0 Å². The second kappa shape index (κ2) is 13.6. The summed E-state index contributed by atoms with van der Waals surface area (Å²) < 4.78 is 10.7. The summed E-state index contributed by atoms with van der Waals surface area (Å²) >= 11 is 0. The quantitative estimate of drug-likeness (QED) is 0.113. The summed E-state index contributed by atoms with van der Waals surface area (Å²) in [4.78, 5) is 46.3. The standard InChI is InChI=1S/C26H48O8/c1-13-23(5,6)31-33-25(9,10)17-19(3)29-21(27)15-16-22(28)30-20(4)18-26(11,12)34-32-24(7,8)14-2/h15-16,19-20H,13-14,17-18H2,1-12H3/b16-15+. The van der Waals surface area contributed by atoms with Gasteiger partial charge in [0.15, 0.2) is 0 Å². The molecule has 0 aliphatic carbocycles. The van der Waals surface area contributed by atoms with Crippen LogP contribution in [0.1, 0.15) is 109 Å². The summed E-state index contributed by atoms with van der Waals surface area (Å²) in [6.07, 6.45) is 3.65. The lowest BCUT2D eigenvalue weighted by Gasteiger charge is -2.31. The molecule has 0 spiro atoms. The Kier molecular flexibility index (Phi) is 13.0. The normalized spacial score (nSPS) is 15.3. The Bertz CT molecular complexity index is 608. The van der Waals surface area contributed by atoms with Crippen LogP contribution in [-0.4, -0.2) is 46.6 Å². The zero-order chi connectivity index (χ0) is 26.8. The molecule has 8 heteroatoms. The van der Waals surface area contributed by atoms with Crippen molar-refractivity contribution < 1.29 is 38.6 Å². The second-order valence-electron chi connectivity index (χ2n) is 11.3. The second-order valence-corrected chi connectivity index (χ2v) is 11.3. The van der Waals surface area contributed by atoms with Gasteiger partial charge in [0.1, 0.15) is 23.4 Å². The molecule has 0 amide bonds. The van der Waals surface area contributed by atoms with Crippen LogP contribution in [0, 0.1) is 0 Å². The molecule has 0 heterocycles. The zero-order valence-corrected chi connectivity index (χ0v) is 23.4. The van der Waals surface area contributed by atoms with E-state index < -0.39 is 46.6 Å². The zero-order valence-electron chi connectivity index (χ0n) is 23.4. The Morgan fingerprint density at radius 3 is 1.12 bits per heavy atom. The van der Waals surface area contributed by atoms with E-state index in [1.807, 2.05) is 69.2 Å². The van der Waals surface area contributed by atoms with Crippen molar-refractivity contribution >= 4 is 11.9 Å². The van der Waals surface area contributed by atoms with Crippen molar-refractivity contribution in [2.24, 2.45) is 0 Å². The van der Waals surface area contributed by atoms with Crippen LogP contribution in [0.3, 0.4) is 0 Å². The molecular weight excluding hydrogens is 440 g/mol. The molecule has 34 heavy (non-hydrogen) atoms. The third-order valence-electron chi connectivity index (χ3n) is 5.24. The van der Waals surface area contributed by atoms with Crippen molar-refractivity contribution in [3.63, 3.8) is 0 Å². The molecule has 200 valence electrons. The van der Waals surface area contributed by atoms with Gasteiger partial charge in [-0.05, 0) is 82.1 Å². The molecule has 0 saturated carbocycles. The Morgan fingerprint density at radius 2 is 0.853 bits per heavy atom. The van der Waals surface area contributed by atoms with E-state index in [1.54, 1.807) is 13.8 Å². The molecule has 0 aliphatic heterocycles. The van der Waals surface area contributed by atoms with Crippen LogP contribution >= 0.6 is 0 Å². The number of hydrogen-bond donors (Lipinski definition) is 0. The molecule has 0 aromatic heterocycles. The monoisotopic (exact) mass is 488 g/mol. The molecule has 0 bridgehead atoms. The lowest BCUT2D eigenvalue weighted by Crippen LogP contribution is -2.35. The molecule has 0 aromatic carbocycles. The Labute approximate surface area is 206 Å². The average molecular weight is 489 g/mol. The van der Waals surface area contributed by atoms with Gasteiger partial charge in [-0.1, -0.05) is 13.8 Å². The number of carbonyl (C=O) groups is 2. The maximum absolute atomic E-state index is 12.1. The molecule has 0 aliphatic rings. The van der Waals surface area contributed by atoms with Crippen molar-refractivity contribution in [2.75, 3.05) is 0 Å². The van der Waals surface area contributed by atoms with Crippen molar-refractivity contribution in [1.29, 1.82) is 0 Å². The minimum absolute atomic E-state index is 0.405. The Morgan fingerprint density at radius 1 is 0.588 bits per heavy atom. The van der Waals surface area contributed by atoms with Gasteiger partial charge in [0, 0.05) is 25.0 Å². The lowest BCUT2D eigenvalue weighted by molar-refractivity contribution is -0.403. The van der Waals surface area contributed by atoms with Gasteiger partial charge in [-0.2, -0.15) is 0 Å². The van der Waals surface area contributed by atoms with Crippen LogP contribution in [0.25, 0.3) is 0 Å². The molecule has 0 fully saturated rings. The van der Waals surface area contributed by atoms with Crippen LogP contribution in [-0.2, 0) is 38.6 Å². The molecule has 0 radical (unpaired) electrons. The highest BCUT2D eigenvalue weighted by Gasteiger charge is 2.30. The largest absolute Gasteiger partial charge is 0.459 e. The van der Waals surface area contributed by atoms with Gasteiger partial charge in [-0.3, -0.25) is 0 Å². The van der Waals surface area contributed by atoms with Crippen molar-refractivity contribution in [2.45, 2.75) is 143 Å². The fraction of sp³-hybridized carbons (Fsp3) is 0.846. The van der Waals surface area contributed by atoms with Crippen molar-refractivity contribution in [1.82, 2.24) is 0 Å². The van der Waals surface area contributed by atoms with E-state index in [0.717, 1.165) is 25.0 Å². The third-order valence-corrected chi connectivity index (χ3v) is 5.24. The number of carbonyl (C=O) groups excluding carboxylic acids is 2. The predicted octanol–water partition coefficient (Wildman–Crippen LogP) is 6.02. The number of ether oxygens (including phenoxy) is 2. The minimum Gasteiger partial charge on any atom is -0.459 e. The average Bonchev–Trinajstić information content (AvgIpc) is 2.69. The first-order valence-electron chi connectivity index (χ1n) is 12.1. The Hall–Kier alpha value is -1.48. The fourth-order valence-corrected chi connectivity index (χ4v) is 2.72. The van der Waals surface area contributed by atoms with E-state index in [4.69, 9.17) is 29.0 Å². The summed E-state index contributed by atoms with van der Waals surface area (Å²) in [5.74, 6) is -1.27. The van der Waals surface area contributed by atoms with E-state index in [9.17, 15) is 9.59 Å². The van der Waals surface area contributed by atoms with Gasteiger partial charge >= 0.3 is 11.9 Å². The Balaban J connectivity index is 4.54. The minimum atomic E-state index is -0.658. The number of rotatable bonds is 16. The topological polar surface area (TPSA) is 89.5 Å². The number of esters is 2. The highest BCUT2D eigenvalue weighted by atomic mass is 17.2. The molecule has 0 rings (SSSR count).